The average molecular weight is 847 g/mol. The molecule has 19 heteroatoms. The predicted octanol–water partition coefficient (Wildman–Crippen LogP) is 7.03. The van der Waals surface area contributed by atoms with Gasteiger partial charge in [0.2, 0.25) is 51.7 Å². The Kier molecular flexibility index (Phi) is 7.53. The Balaban J connectivity index is 1.74. The van der Waals surface area contributed by atoms with E-state index in [2.05, 4.69) is 12.3 Å². The van der Waals surface area contributed by atoms with Gasteiger partial charge in [0, 0.05) is 70.7 Å². The van der Waals surface area contributed by atoms with Gasteiger partial charge in [-0.05, 0) is 11.6 Å². The third-order valence-electron chi connectivity index (χ3n) is 11.0. The third kappa shape index (κ3) is 4.31. The minimum atomic E-state index is -1.47. The zero-order valence-corrected chi connectivity index (χ0v) is 30.6. The van der Waals surface area contributed by atoms with Crippen molar-refractivity contribution in [3.8, 4) is 126 Å². The van der Waals surface area contributed by atoms with Crippen LogP contribution in [0.3, 0.4) is 0 Å². The highest BCUT2D eigenvalue weighted by Crippen LogP contribution is 2.66. The van der Waals surface area contributed by atoms with Gasteiger partial charge in [-0.2, -0.15) is 0 Å². The molecule has 0 aliphatic heterocycles. The van der Waals surface area contributed by atoms with Crippen molar-refractivity contribution in [3.63, 3.8) is 0 Å². The summed E-state index contributed by atoms with van der Waals surface area (Å²) in [6, 6.07) is 7.17. The van der Waals surface area contributed by atoms with E-state index in [0.717, 1.165) is 6.08 Å². The smallest absolute Gasteiger partial charge is 0.205 e. The molecule has 19 nitrogen and oxygen atoms in total. The highest BCUT2D eigenvalue weighted by atomic mass is 16.4. The van der Waals surface area contributed by atoms with E-state index in [4.69, 9.17) is 4.42 Å². The molecule has 0 unspecified atom stereocenters. The molecule has 0 aliphatic rings. The first-order valence-corrected chi connectivity index (χ1v) is 17.5. The van der Waals surface area contributed by atoms with E-state index < -0.39 is 191 Å². The summed E-state index contributed by atoms with van der Waals surface area (Å²) < 4.78 is 6.02. The predicted molar refractivity (Wildman–Crippen MR) is 218 cm³/mol. The van der Waals surface area contributed by atoms with E-state index in [9.17, 15) is 91.9 Å². The molecule has 0 atom stereocenters. The summed E-state index contributed by atoms with van der Waals surface area (Å²) in [5.41, 5.74) is -2.34. The molecule has 312 valence electrons. The van der Waals surface area contributed by atoms with Gasteiger partial charge in [-0.15, -0.1) is 5.73 Å². The number of aromatic hydroxyl groups is 18. The molecule has 0 amide bonds. The Hall–Kier alpha value is -9.48. The van der Waals surface area contributed by atoms with Gasteiger partial charge < -0.3 is 96.3 Å². The number of phenolic OH excluding ortho intramolecular Hbond substituents is 18. The standard InChI is InChI=1S/C43H26O19/c1-2-6-10-12-16-20(31(51)39(59)36(56)27(16)47)21-22-19(30(50)40(60)41(61)43(22)62-42(21)23(12)32(52)33(53)24(10)44)13-17-14(25(45)34(54)37(57)28(17)48)11(9-7-4-3-5-8-9)15-18(13)29(49)38(58)35(55)26(15)46/h3-8,44-61H,1H2. The molecule has 62 heavy (non-hydrogen) atoms. The van der Waals surface area contributed by atoms with E-state index in [1.165, 1.54) is 30.3 Å². The molecule has 0 bridgehead atoms. The van der Waals surface area contributed by atoms with Crippen LogP contribution in [-0.4, -0.2) is 91.9 Å². The topological polar surface area (TPSA) is 377 Å². The lowest BCUT2D eigenvalue weighted by Gasteiger charge is -2.23. The lowest BCUT2D eigenvalue weighted by Crippen LogP contribution is -1.96. The second-order valence-corrected chi connectivity index (χ2v) is 14.0. The number of rotatable bonds is 3. The first-order chi connectivity index (χ1) is 29.3. The van der Waals surface area contributed by atoms with Gasteiger partial charge in [-0.25, -0.2) is 0 Å². The number of phenols is 18. The van der Waals surface area contributed by atoms with Crippen LogP contribution in [0, 0.1) is 0 Å². The summed E-state index contributed by atoms with van der Waals surface area (Å²) in [5.74, 6) is -24.1. The fourth-order valence-corrected chi connectivity index (χ4v) is 8.35. The van der Waals surface area contributed by atoms with Crippen LogP contribution in [0.2, 0.25) is 0 Å². The van der Waals surface area contributed by atoms with Crippen LogP contribution >= 0.6 is 0 Å². The Morgan fingerprint density at radius 2 is 0.710 bits per heavy atom. The molecule has 1 aromatic heterocycles. The molecular formula is C43H26O19. The Bertz CT molecular complexity index is 3580. The maximum Gasteiger partial charge on any atom is 0.205 e. The van der Waals surface area contributed by atoms with Crippen molar-refractivity contribution in [2.75, 3.05) is 0 Å². The van der Waals surface area contributed by atoms with Crippen LogP contribution in [0.1, 0.15) is 5.56 Å². The van der Waals surface area contributed by atoms with E-state index in [1.54, 1.807) is 0 Å². The molecule has 9 rings (SSSR count). The first kappa shape index (κ1) is 38.1. The van der Waals surface area contributed by atoms with E-state index in [0.29, 0.717) is 0 Å². The SMILES string of the molecule is C=C=Cc1c(O)c(O)c(O)c2c3oc4c(O)c(O)c(O)c(-c5c6c(O)c(O)c(O)c(O)c6c(-c6ccccc6)c6c(O)c(O)c(O)c(O)c56)c4c3c3c(O)c(O)c(O)c(O)c3c12. The summed E-state index contributed by atoms with van der Waals surface area (Å²) in [6.45, 7) is 3.41. The molecule has 8 aromatic carbocycles. The largest absolute Gasteiger partial charge is 0.504 e. The van der Waals surface area contributed by atoms with Gasteiger partial charge >= 0.3 is 0 Å². The minimum absolute atomic E-state index is 0.00127. The van der Waals surface area contributed by atoms with Gasteiger partial charge in [0.05, 0.1) is 5.39 Å². The fraction of sp³-hybridized carbons (Fsp3) is 0. The second kappa shape index (κ2) is 12.3. The van der Waals surface area contributed by atoms with E-state index in [1.807, 2.05) is 0 Å². The summed E-state index contributed by atoms with van der Waals surface area (Å²) >= 11 is 0. The van der Waals surface area contributed by atoms with E-state index >= 15 is 0 Å². The van der Waals surface area contributed by atoms with Gasteiger partial charge in [-0.3, -0.25) is 0 Å². The van der Waals surface area contributed by atoms with Crippen molar-refractivity contribution in [3.05, 3.63) is 48.2 Å². The number of hydrogen-bond donors (Lipinski definition) is 18. The Morgan fingerprint density at radius 3 is 1.18 bits per heavy atom. The van der Waals surface area contributed by atoms with Crippen LogP contribution in [0.5, 0.6) is 103 Å². The van der Waals surface area contributed by atoms with Crippen molar-refractivity contribution in [1.82, 2.24) is 0 Å². The van der Waals surface area contributed by atoms with Crippen LogP contribution in [-0.2, 0) is 0 Å². The summed E-state index contributed by atoms with van der Waals surface area (Å²) in [5, 5.41) is 196. The van der Waals surface area contributed by atoms with Gasteiger partial charge in [0.25, 0.3) is 0 Å². The van der Waals surface area contributed by atoms with E-state index in [-0.39, 0.29) is 5.56 Å². The van der Waals surface area contributed by atoms with Crippen LogP contribution in [0.4, 0.5) is 0 Å². The number of furan rings is 1. The van der Waals surface area contributed by atoms with Crippen molar-refractivity contribution in [2.24, 2.45) is 0 Å². The molecule has 1 heterocycles. The molecule has 0 radical (unpaired) electrons. The quantitative estimate of drug-likeness (QED) is 0.0279. The Labute approximate surface area is 340 Å². The molecule has 0 saturated carbocycles. The fourth-order valence-electron chi connectivity index (χ4n) is 8.35. The highest BCUT2D eigenvalue weighted by Gasteiger charge is 2.38. The normalized spacial score (nSPS) is 11.7. The molecule has 0 aliphatic carbocycles. The lowest BCUT2D eigenvalue weighted by molar-refractivity contribution is 0.350. The monoisotopic (exact) mass is 846 g/mol. The number of hydrogen-bond acceptors (Lipinski definition) is 19. The summed E-state index contributed by atoms with van der Waals surface area (Å²) in [7, 11) is 0. The number of fused-ring (bicyclic) bond motifs is 10. The molecule has 0 fully saturated rings. The van der Waals surface area contributed by atoms with Gasteiger partial charge in [-0.1, -0.05) is 36.9 Å². The maximum absolute atomic E-state index is 12.0. The number of benzene rings is 8. The molecule has 0 saturated heterocycles. The highest BCUT2D eigenvalue weighted by molar-refractivity contribution is 6.40. The van der Waals surface area contributed by atoms with Crippen molar-refractivity contribution in [1.29, 1.82) is 0 Å². The first-order valence-electron chi connectivity index (χ1n) is 17.5. The van der Waals surface area contributed by atoms with Crippen molar-refractivity contribution >= 4 is 71.1 Å². The van der Waals surface area contributed by atoms with Crippen molar-refractivity contribution < 1.29 is 96.3 Å². The minimum Gasteiger partial charge on any atom is -0.504 e. The van der Waals surface area contributed by atoms with Crippen molar-refractivity contribution in [2.45, 2.75) is 0 Å². The Morgan fingerprint density at radius 1 is 0.323 bits per heavy atom. The lowest BCUT2D eigenvalue weighted by atomic mass is 9.82. The van der Waals surface area contributed by atoms with Crippen LogP contribution < -0.4 is 0 Å². The van der Waals surface area contributed by atoms with Gasteiger partial charge in [0.1, 0.15) is 5.58 Å². The molecule has 0 spiro atoms. The van der Waals surface area contributed by atoms with Crippen LogP contribution in [0.15, 0.2) is 47.1 Å². The molecular weight excluding hydrogens is 820 g/mol. The maximum atomic E-state index is 12.0. The second-order valence-electron chi connectivity index (χ2n) is 14.0. The van der Waals surface area contributed by atoms with Crippen LogP contribution in [0.25, 0.3) is 93.4 Å². The third-order valence-corrected chi connectivity index (χ3v) is 11.0. The molecule has 18 N–H and O–H groups in total. The summed E-state index contributed by atoms with van der Waals surface area (Å²) in [4.78, 5) is 0. The molecule has 9 aromatic rings. The van der Waals surface area contributed by atoms with Gasteiger partial charge in [0.15, 0.2) is 57.3 Å². The average Bonchev–Trinajstić information content (AvgIpc) is 3.66. The zero-order chi connectivity index (χ0) is 44.9. The summed E-state index contributed by atoms with van der Waals surface area (Å²) in [6.07, 6.45) is 0.923. The zero-order valence-electron chi connectivity index (χ0n) is 30.6.